The zero-order valence-electron chi connectivity index (χ0n) is 12.8. The highest BCUT2D eigenvalue weighted by Crippen LogP contribution is 2.34. The van der Waals surface area contributed by atoms with Gasteiger partial charge in [0.25, 0.3) is 0 Å². The molecule has 0 bridgehead atoms. The molecular formula is C19H25NS. The van der Waals surface area contributed by atoms with Gasteiger partial charge >= 0.3 is 0 Å². The lowest BCUT2D eigenvalue weighted by molar-refractivity contribution is 0.319. The van der Waals surface area contributed by atoms with Crippen LogP contribution in [0.5, 0.6) is 0 Å². The summed E-state index contributed by atoms with van der Waals surface area (Å²) >= 11 is 1.82. The zero-order valence-corrected chi connectivity index (χ0v) is 13.7. The Labute approximate surface area is 132 Å². The molecular weight excluding hydrogens is 274 g/mol. The lowest BCUT2D eigenvalue weighted by Gasteiger charge is -2.30. The van der Waals surface area contributed by atoms with E-state index in [1.165, 1.54) is 54.7 Å². The van der Waals surface area contributed by atoms with E-state index in [9.17, 15) is 0 Å². The van der Waals surface area contributed by atoms with Gasteiger partial charge in [-0.3, -0.25) is 0 Å². The summed E-state index contributed by atoms with van der Waals surface area (Å²) in [6.45, 7) is 2.31. The average molecular weight is 299 g/mol. The van der Waals surface area contributed by atoms with E-state index >= 15 is 0 Å². The van der Waals surface area contributed by atoms with Gasteiger partial charge in [0.2, 0.25) is 0 Å². The van der Waals surface area contributed by atoms with Crippen molar-refractivity contribution in [3.8, 4) is 10.4 Å². The molecule has 1 saturated carbocycles. The maximum atomic E-state index is 3.81. The number of rotatable bonds is 5. The number of para-hydroxylation sites is 1. The zero-order chi connectivity index (χ0) is 14.5. The molecule has 112 valence electrons. The molecule has 1 aromatic heterocycles. The van der Waals surface area contributed by atoms with Crippen LogP contribution >= 0.6 is 11.3 Å². The highest BCUT2D eigenvalue weighted by Gasteiger charge is 2.21. The molecule has 0 unspecified atom stereocenters. The van der Waals surface area contributed by atoms with Gasteiger partial charge in [-0.05, 0) is 49.1 Å². The molecule has 1 aliphatic rings. The van der Waals surface area contributed by atoms with Crippen LogP contribution in [0.4, 0.5) is 5.69 Å². The van der Waals surface area contributed by atoms with Crippen LogP contribution < -0.4 is 5.32 Å². The molecule has 1 nitrogen and oxygen atoms in total. The van der Waals surface area contributed by atoms with Gasteiger partial charge in [0, 0.05) is 22.2 Å². The summed E-state index contributed by atoms with van der Waals surface area (Å²) in [6, 6.07) is 13.7. The molecule has 1 aromatic carbocycles. The van der Waals surface area contributed by atoms with E-state index in [0.29, 0.717) is 6.04 Å². The monoisotopic (exact) mass is 299 g/mol. The van der Waals surface area contributed by atoms with Crippen molar-refractivity contribution in [3.63, 3.8) is 0 Å². The predicted octanol–water partition coefficient (Wildman–Crippen LogP) is 6.19. The first-order valence-corrected chi connectivity index (χ1v) is 9.14. The number of hydrogen-bond acceptors (Lipinski definition) is 2. The molecule has 2 aromatic rings. The molecule has 21 heavy (non-hydrogen) atoms. The number of nitrogens with one attached hydrogen (secondary N) is 1. The van der Waals surface area contributed by atoms with E-state index in [0.717, 1.165) is 5.92 Å². The van der Waals surface area contributed by atoms with E-state index in [2.05, 4.69) is 54.0 Å². The van der Waals surface area contributed by atoms with E-state index in [4.69, 9.17) is 0 Å². The largest absolute Gasteiger partial charge is 0.382 e. The third-order valence-electron chi connectivity index (χ3n) is 4.62. The predicted molar refractivity (Wildman–Crippen MR) is 94.0 cm³/mol. The SMILES string of the molecule is CCCC1CCC(Nc2ccccc2-c2cccs2)CC1. The fourth-order valence-corrected chi connectivity index (χ4v) is 4.25. The van der Waals surface area contributed by atoms with Crippen LogP contribution in [0.2, 0.25) is 0 Å². The van der Waals surface area contributed by atoms with Gasteiger partial charge in [0.05, 0.1) is 0 Å². The summed E-state index contributed by atoms with van der Waals surface area (Å²) in [7, 11) is 0. The number of benzene rings is 1. The molecule has 1 N–H and O–H groups in total. The van der Waals surface area contributed by atoms with Gasteiger partial charge in [-0.25, -0.2) is 0 Å². The third kappa shape index (κ3) is 3.68. The van der Waals surface area contributed by atoms with Crippen molar-refractivity contribution in [1.29, 1.82) is 0 Å². The first kappa shape index (κ1) is 14.6. The highest BCUT2D eigenvalue weighted by molar-refractivity contribution is 7.13. The second-order valence-electron chi connectivity index (χ2n) is 6.17. The molecule has 1 heterocycles. The Morgan fingerprint density at radius 1 is 1.05 bits per heavy atom. The van der Waals surface area contributed by atoms with Crippen molar-refractivity contribution in [2.75, 3.05) is 5.32 Å². The minimum absolute atomic E-state index is 0.652. The second kappa shape index (κ2) is 7.13. The maximum Gasteiger partial charge on any atom is 0.0430 e. The van der Waals surface area contributed by atoms with Gasteiger partial charge in [-0.15, -0.1) is 11.3 Å². The van der Waals surface area contributed by atoms with Crippen molar-refractivity contribution in [1.82, 2.24) is 0 Å². The Bertz CT molecular complexity index is 538. The van der Waals surface area contributed by atoms with Gasteiger partial charge < -0.3 is 5.32 Å². The fourth-order valence-electron chi connectivity index (χ4n) is 3.48. The van der Waals surface area contributed by atoms with Gasteiger partial charge in [0.15, 0.2) is 0 Å². The van der Waals surface area contributed by atoms with Crippen LogP contribution in [0.25, 0.3) is 10.4 Å². The Morgan fingerprint density at radius 3 is 2.57 bits per heavy atom. The Kier molecular flexibility index (Phi) is 4.97. The van der Waals surface area contributed by atoms with Crippen molar-refractivity contribution >= 4 is 17.0 Å². The molecule has 2 heteroatoms. The molecule has 3 rings (SSSR count). The van der Waals surface area contributed by atoms with Crippen LogP contribution in [-0.4, -0.2) is 6.04 Å². The second-order valence-corrected chi connectivity index (χ2v) is 7.12. The van der Waals surface area contributed by atoms with Gasteiger partial charge in [-0.1, -0.05) is 44.0 Å². The lowest BCUT2D eigenvalue weighted by Crippen LogP contribution is -2.26. The molecule has 0 spiro atoms. The van der Waals surface area contributed by atoms with Gasteiger partial charge in [-0.2, -0.15) is 0 Å². The number of thiophene rings is 1. The molecule has 1 fully saturated rings. The summed E-state index contributed by atoms with van der Waals surface area (Å²) in [6.07, 6.45) is 8.19. The normalized spacial score (nSPS) is 22.1. The standard InChI is InChI=1S/C19H25NS/c1-2-6-15-10-12-16(13-11-15)20-18-8-4-3-7-17(18)19-9-5-14-21-19/h3-5,7-9,14-16,20H,2,6,10-13H2,1H3. The van der Waals surface area contributed by atoms with Crippen molar-refractivity contribution in [2.45, 2.75) is 51.5 Å². The van der Waals surface area contributed by atoms with Crippen LogP contribution in [0.3, 0.4) is 0 Å². The molecule has 0 amide bonds. The fraction of sp³-hybridized carbons (Fsp3) is 0.474. The summed E-state index contributed by atoms with van der Waals surface area (Å²) in [4.78, 5) is 1.36. The van der Waals surface area contributed by atoms with E-state index < -0.39 is 0 Å². The van der Waals surface area contributed by atoms with Crippen molar-refractivity contribution in [2.24, 2.45) is 5.92 Å². The topological polar surface area (TPSA) is 12.0 Å². The quantitative estimate of drug-likeness (QED) is 0.694. The van der Waals surface area contributed by atoms with Crippen LogP contribution in [0.1, 0.15) is 45.4 Å². The van der Waals surface area contributed by atoms with Crippen molar-refractivity contribution < 1.29 is 0 Å². The number of anilines is 1. The van der Waals surface area contributed by atoms with E-state index in [1.54, 1.807) is 0 Å². The first-order valence-electron chi connectivity index (χ1n) is 8.26. The average Bonchev–Trinajstić information content (AvgIpc) is 3.04. The molecule has 1 aliphatic carbocycles. The van der Waals surface area contributed by atoms with Crippen LogP contribution in [0, 0.1) is 5.92 Å². The highest BCUT2D eigenvalue weighted by atomic mass is 32.1. The minimum atomic E-state index is 0.652. The summed E-state index contributed by atoms with van der Waals surface area (Å²) in [5, 5.41) is 5.96. The van der Waals surface area contributed by atoms with Crippen LogP contribution in [-0.2, 0) is 0 Å². The van der Waals surface area contributed by atoms with E-state index in [1.807, 2.05) is 11.3 Å². The van der Waals surface area contributed by atoms with Crippen molar-refractivity contribution in [3.05, 3.63) is 41.8 Å². The molecule has 0 aliphatic heterocycles. The summed E-state index contributed by atoms with van der Waals surface area (Å²) in [5.74, 6) is 0.973. The first-order chi connectivity index (χ1) is 10.4. The minimum Gasteiger partial charge on any atom is -0.382 e. The molecule has 0 saturated heterocycles. The summed E-state index contributed by atoms with van der Waals surface area (Å²) in [5.41, 5.74) is 2.65. The third-order valence-corrected chi connectivity index (χ3v) is 5.52. The van der Waals surface area contributed by atoms with Crippen LogP contribution in [0.15, 0.2) is 41.8 Å². The van der Waals surface area contributed by atoms with E-state index in [-0.39, 0.29) is 0 Å². The Hall–Kier alpha value is -1.28. The Morgan fingerprint density at radius 2 is 1.86 bits per heavy atom. The molecule has 0 atom stereocenters. The number of hydrogen-bond donors (Lipinski definition) is 1. The van der Waals surface area contributed by atoms with Gasteiger partial charge in [0.1, 0.15) is 0 Å². The summed E-state index contributed by atoms with van der Waals surface area (Å²) < 4.78 is 0. The lowest BCUT2D eigenvalue weighted by atomic mass is 9.83. The maximum absolute atomic E-state index is 3.81. The smallest absolute Gasteiger partial charge is 0.0430 e. The Balaban J connectivity index is 1.66. The molecule has 0 radical (unpaired) electrons.